The summed E-state index contributed by atoms with van der Waals surface area (Å²) in [7, 11) is 1.55. The van der Waals surface area contributed by atoms with E-state index >= 15 is 0 Å². The first-order chi connectivity index (χ1) is 10.1. The quantitative estimate of drug-likeness (QED) is 0.773. The van der Waals surface area contributed by atoms with Crippen LogP contribution in [0.4, 0.5) is 0 Å². The van der Waals surface area contributed by atoms with Gasteiger partial charge in [0.1, 0.15) is 12.6 Å². The van der Waals surface area contributed by atoms with Crippen molar-refractivity contribution in [2.45, 2.75) is 11.4 Å². The normalized spacial score (nSPS) is 20.8. The van der Waals surface area contributed by atoms with E-state index in [-0.39, 0.29) is 12.0 Å². The molecule has 7 heteroatoms. The lowest BCUT2D eigenvalue weighted by molar-refractivity contribution is -0.138. The van der Waals surface area contributed by atoms with Crippen LogP contribution in [0.3, 0.4) is 0 Å². The van der Waals surface area contributed by atoms with Gasteiger partial charge in [0, 0.05) is 15.8 Å². The SMILES string of the molecule is C#CCOc1c(OC)cc(Br)cc1[C@@H]1N[C@H](C(=O)O)CS1. The second-order valence-corrected chi connectivity index (χ2v) is 6.34. The van der Waals surface area contributed by atoms with Gasteiger partial charge in [0.15, 0.2) is 11.5 Å². The standard InChI is InChI=1S/C14H14BrNO4S/c1-3-4-20-12-9(5-8(15)6-11(12)19-2)13-16-10(7-21-13)14(17)18/h1,5-6,10,13,16H,4,7H2,2H3,(H,17,18)/t10-,13+/m0/s1. The molecule has 1 aromatic rings. The molecule has 1 saturated heterocycles. The van der Waals surface area contributed by atoms with Crippen LogP contribution < -0.4 is 14.8 Å². The lowest BCUT2D eigenvalue weighted by Crippen LogP contribution is -2.33. The van der Waals surface area contributed by atoms with E-state index in [0.29, 0.717) is 17.3 Å². The Morgan fingerprint density at radius 3 is 3.00 bits per heavy atom. The fraction of sp³-hybridized carbons (Fsp3) is 0.357. The highest BCUT2D eigenvalue weighted by atomic mass is 79.9. The van der Waals surface area contributed by atoms with E-state index in [1.807, 2.05) is 6.07 Å². The molecule has 0 aliphatic carbocycles. The second kappa shape index (κ2) is 7.07. The molecule has 21 heavy (non-hydrogen) atoms. The van der Waals surface area contributed by atoms with Crippen molar-refractivity contribution < 1.29 is 19.4 Å². The van der Waals surface area contributed by atoms with E-state index in [1.165, 1.54) is 11.8 Å². The summed E-state index contributed by atoms with van der Waals surface area (Å²) in [6, 6.07) is 3.08. The Bertz CT molecular complexity index is 587. The zero-order valence-corrected chi connectivity index (χ0v) is 13.7. The summed E-state index contributed by atoms with van der Waals surface area (Å²) in [5.74, 6) is 3.13. The molecule has 0 bridgehead atoms. The number of carboxylic acids is 1. The molecule has 1 heterocycles. The minimum Gasteiger partial charge on any atom is -0.493 e. The number of halogens is 1. The van der Waals surface area contributed by atoms with E-state index in [9.17, 15) is 4.79 Å². The van der Waals surface area contributed by atoms with E-state index in [1.54, 1.807) is 13.2 Å². The van der Waals surface area contributed by atoms with Gasteiger partial charge in [-0.15, -0.1) is 18.2 Å². The van der Waals surface area contributed by atoms with E-state index in [2.05, 4.69) is 27.2 Å². The highest BCUT2D eigenvalue weighted by molar-refractivity contribution is 9.10. The first kappa shape index (κ1) is 16.0. The number of carboxylic acid groups (broad SMARTS) is 1. The van der Waals surface area contributed by atoms with Gasteiger partial charge in [-0.3, -0.25) is 10.1 Å². The number of terminal acetylenes is 1. The summed E-state index contributed by atoms with van der Waals surface area (Å²) in [5.41, 5.74) is 0.810. The summed E-state index contributed by atoms with van der Waals surface area (Å²) < 4.78 is 11.7. The fourth-order valence-electron chi connectivity index (χ4n) is 2.00. The first-order valence-corrected chi connectivity index (χ1v) is 7.95. The minimum atomic E-state index is -0.863. The predicted molar refractivity (Wildman–Crippen MR) is 84.8 cm³/mol. The third-order valence-corrected chi connectivity index (χ3v) is 4.64. The molecule has 0 spiro atoms. The maximum absolute atomic E-state index is 11.1. The van der Waals surface area contributed by atoms with Gasteiger partial charge >= 0.3 is 5.97 Å². The van der Waals surface area contributed by atoms with Crippen LogP contribution in [0.1, 0.15) is 10.9 Å². The number of ether oxygens (including phenoxy) is 2. The van der Waals surface area contributed by atoms with Crippen molar-refractivity contribution in [1.82, 2.24) is 5.32 Å². The number of rotatable bonds is 5. The molecule has 1 aliphatic rings. The third kappa shape index (κ3) is 3.64. The molecule has 2 rings (SSSR count). The zero-order chi connectivity index (χ0) is 15.4. The molecule has 1 aliphatic heterocycles. The van der Waals surface area contributed by atoms with Crippen LogP contribution in [0.5, 0.6) is 11.5 Å². The Kier molecular flexibility index (Phi) is 5.39. The summed E-state index contributed by atoms with van der Waals surface area (Å²) >= 11 is 4.93. The van der Waals surface area contributed by atoms with E-state index in [4.69, 9.17) is 21.0 Å². The Morgan fingerprint density at radius 2 is 2.43 bits per heavy atom. The molecule has 5 nitrogen and oxygen atoms in total. The highest BCUT2D eigenvalue weighted by Gasteiger charge is 2.33. The van der Waals surface area contributed by atoms with Gasteiger partial charge < -0.3 is 14.6 Å². The smallest absolute Gasteiger partial charge is 0.321 e. The van der Waals surface area contributed by atoms with Crippen LogP contribution in [-0.4, -0.2) is 36.6 Å². The monoisotopic (exact) mass is 371 g/mol. The number of thioether (sulfide) groups is 1. The van der Waals surface area contributed by atoms with Crippen LogP contribution >= 0.6 is 27.7 Å². The van der Waals surface area contributed by atoms with Crippen LogP contribution in [0, 0.1) is 12.3 Å². The molecular formula is C14H14BrNO4S. The number of hydrogen-bond donors (Lipinski definition) is 2. The molecule has 2 atom stereocenters. The van der Waals surface area contributed by atoms with Gasteiger partial charge in [0.25, 0.3) is 0 Å². The average Bonchev–Trinajstić information content (AvgIpc) is 2.95. The van der Waals surface area contributed by atoms with E-state index in [0.717, 1.165) is 10.0 Å². The van der Waals surface area contributed by atoms with Gasteiger partial charge in [0.2, 0.25) is 0 Å². The van der Waals surface area contributed by atoms with Crippen molar-refractivity contribution in [1.29, 1.82) is 0 Å². The van der Waals surface area contributed by atoms with Crippen molar-refractivity contribution in [3.05, 3.63) is 22.2 Å². The van der Waals surface area contributed by atoms with Gasteiger partial charge in [-0.1, -0.05) is 21.9 Å². The average molecular weight is 372 g/mol. The van der Waals surface area contributed by atoms with Gasteiger partial charge in [-0.2, -0.15) is 0 Å². The number of aliphatic carboxylic acids is 1. The molecule has 0 aromatic heterocycles. The molecule has 0 radical (unpaired) electrons. The van der Waals surface area contributed by atoms with Crippen molar-refractivity contribution in [3.8, 4) is 23.8 Å². The maximum atomic E-state index is 11.1. The van der Waals surface area contributed by atoms with Crippen LogP contribution in [-0.2, 0) is 4.79 Å². The van der Waals surface area contributed by atoms with Crippen LogP contribution in [0.15, 0.2) is 16.6 Å². The Balaban J connectivity index is 2.35. The number of methoxy groups -OCH3 is 1. The molecule has 0 unspecified atom stereocenters. The zero-order valence-electron chi connectivity index (χ0n) is 11.3. The molecule has 0 saturated carbocycles. The van der Waals surface area contributed by atoms with Crippen LogP contribution in [0.2, 0.25) is 0 Å². The summed E-state index contributed by atoms with van der Waals surface area (Å²) in [5, 5.41) is 11.9. The van der Waals surface area contributed by atoms with E-state index < -0.39 is 12.0 Å². The maximum Gasteiger partial charge on any atom is 0.321 e. The second-order valence-electron chi connectivity index (χ2n) is 4.29. The summed E-state index contributed by atoms with van der Waals surface area (Å²) in [4.78, 5) is 11.1. The van der Waals surface area contributed by atoms with Crippen molar-refractivity contribution in [2.75, 3.05) is 19.5 Å². The largest absolute Gasteiger partial charge is 0.493 e. The fourth-order valence-corrected chi connectivity index (χ4v) is 3.69. The van der Waals surface area contributed by atoms with Crippen LogP contribution in [0.25, 0.3) is 0 Å². The predicted octanol–water partition coefficient (Wildman–Crippen LogP) is 2.26. The number of nitrogens with one attached hydrogen (secondary N) is 1. The summed E-state index contributed by atoms with van der Waals surface area (Å²) in [6.45, 7) is 0.116. The van der Waals surface area contributed by atoms with Gasteiger partial charge in [-0.05, 0) is 12.1 Å². The van der Waals surface area contributed by atoms with Crippen molar-refractivity contribution in [3.63, 3.8) is 0 Å². The molecule has 1 fully saturated rings. The Labute approximate surface area is 135 Å². The number of benzene rings is 1. The third-order valence-electron chi connectivity index (χ3n) is 2.93. The molecule has 1 aromatic carbocycles. The topological polar surface area (TPSA) is 67.8 Å². The Morgan fingerprint density at radius 1 is 1.67 bits per heavy atom. The highest BCUT2D eigenvalue weighted by Crippen LogP contribution is 2.43. The lowest BCUT2D eigenvalue weighted by atomic mass is 10.1. The van der Waals surface area contributed by atoms with Gasteiger partial charge in [0.05, 0.1) is 12.5 Å². The summed E-state index contributed by atoms with van der Waals surface area (Å²) in [6.07, 6.45) is 5.24. The van der Waals surface area contributed by atoms with Crippen molar-refractivity contribution in [2.24, 2.45) is 0 Å². The molecule has 2 N–H and O–H groups in total. The first-order valence-electron chi connectivity index (χ1n) is 6.11. The van der Waals surface area contributed by atoms with Crippen molar-refractivity contribution >= 4 is 33.7 Å². The minimum absolute atomic E-state index is 0.116. The van der Waals surface area contributed by atoms with Gasteiger partial charge in [-0.25, -0.2) is 0 Å². The Hall–Kier alpha value is -1.36. The molecule has 0 amide bonds. The number of carbonyl (C=O) groups is 1. The molecule has 112 valence electrons. The number of hydrogen-bond acceptors (Lipinski definition) is 5. The molecular weight excluding hydrogens is 358 g/mol. The lowest BCUT2D eigenvalue weighted by Gasteiger charge is -2.19.